The molecule has 0 saturated carbocycles. The van der Waals surface area contributed by atoms with E-state index < -0.39 is 0 Å². The van der Waals surface area contributed by atoms with E-state index in [4.69, 9.17) is 9.47 Å². The number of rotatable bonds is 8. The summed E-state index contributed by atoms with van der Waals surface area (Å²) in [6, 6.07) is 6.46. The van der Waals surface area contributed by atoms with Crippen LogP contribution in [0.1, 0.15) is 26.7 Å². The predicted octanol–water partition coefficient (Wildman–Crippen LogP) is 3.92. The summed E-state index contributed by atoms with van der Waals surface area (Å²) in [7, 11) is 0. The molecule has 0 aromatic heterocycles. The summed E-state index contributed by atoms with van der Waals surface area (Å²) in [5.41, 5.74) is 0. The molecule has 0 aliphatic carbocycles. The first-order valence-corrected chi connectivity index (χ1v) is 7.21. The summed E-state index contributed by atoms with van der Waals surface area (Å²) in [4.78, 5) is 23.4. The lowest BCUT2D eigenvalue weighted by molar-refractivity contribution is -0.135. The number of benzene rings is 1. The Kier molecular flexibility index (Phi) is 7.09. The lowest BCUT2D eigenvalue weighted by Crippen LogP contribution is -2.12. The van der Waals surface area contributed by atoms with E-state index in [1.165, 1.54) is 6.07 Å². The van der Waals surface area contributed by atoms with Crippen LogP contribution in [0.25, 0.3) is 0 Å². The fraction of sp³-hybridized carbons (Fsp3) is 0.333. The summed E-state index contributed by atoms with van der Waals surface area (Å²) >= 11 is 0. The molecule has 0 spiro atoms. The van der Waals surface area contributed by atoms with Crippen LogP contribution >= 0.6 is 0 Å². The Labute approximate surface area is 131 Å². The van der Waals surface area contributed by atoms with Gasteiger partial charge >= 0.3 is 11.9 Å². The molecular formula is C18H22O4. The van der Waals surface area contributed by atoms with Crippen LogP contribution in [0.2, 0.25) is 0 Å². The maximum atomic E-state index is 11.7. The van der Waals surface area contributed by atoms with Gasteiger partial charge in [-0.1, -0.05) is 32.1 Å². The highest BCUT2D eigenvalue weighted by Crippen LogP contribution is 2.21. The maximum absolute atomic E-state index is 11.7. The molecule has 0 aliphatic heterocycles. The fourth-order valence-corrected chi connectivity index (χ4v) is 1.64. The van der Waals surface area contributed by atoms with Crippen LogP contribution in [0.3, 0.4) is 0 Å². The van der Waals surface area contributed by atoms with Crippen molar-refractivity contribution in [3.05, 3.63) is 49.6 Å². The van der Waals surface area contributed by atoms with Crippen LogP contribution in [0, 0.1) is 11.8 Å². The Morgan fingerprint density at radius 1 is 1.00 bits per heavy atom. The minimum atomic E-state index is -0.351. The third-order valence-electron chi connectivity index (χ3n) is 3.05. The van der Waals surface area contributed by atoms with Crippen LogP contribution in [0.15, 0.2) is 49.6 Å². The van der Waals surface area contributed by atoms with Gasteiger partial charge in [-0.2, -0.15) is 0 Å². The Hall–Kier alpha value is -2.36. The molecule has 0 saturated heterocycles. The van der Waals surface area contributed by atoms with E-state index in [0.717, 1.165) is 0 Å². The van der Waals surface area contributed by atoms with Crippen LogP contribution in [-0.4, -0.2) is 11.9 Å². The van der Waals surface area contributed by atoms with Crippen molar-refractivity contribution in [3.63, 3.8) is 0 Å². The van der Waals surface area contributed by atoms with Crippen molar-refractivity contribution in [3.8, 4) is 11.5 Å². The monoisotopic (exact) mass is 302 g/mol. The van der Waals surface area contributed by atoms with E-state index in [-0.39, 0.29) is 36.6 Å². The van der Waals surface area contributed by atoms with Crippen LogP contribution in [-0.2, 0) is 9.59 Å². The predicted molar refractivity (Wildman–Crippen MR) is 85.7 cm³/mol. The lowest BCUT2D eigenvalue weighted by atomic mass is 10.1. The van der Waals surface area contributed by atoms with Gasteiger partial charge in [0.25, 0.3) is 0 Å². The topological polar surface area (TPSA) is 52.6 Å². The van der Waals surface area contributed by atoms with Gasteiger partial charge in [-0.15, -0.1) is 13.2 Å². The molecule has 0 fully saturated rings. The van der Waals surface area contributed by atoms with Crippen molar-refractivity contribution in [2.75, 3.05) is 0 Å². The summed E-state index contributed by atoms with van der Waals surface area (Å²) in [5, 5.41) is 0. The molecule has 4 nitrogen and oxygen atoms in total. The average Bonchev–Trinajstić information content (AvgIpc) is 2.46. The van der Waals surface area contributed by atoms with Gasteiger partial charge in [0.1, 0.15) is 11.5 Å². The zero-order chi connectivity index (χ0) is 16.5. The van der Waals surface area contributed by atoms with Gasteiger partial charge in [0.05, 0.1) is 12.8 Å². The molecule has 0 N–H and O–H groups in total. The summed E-state index contributed by atoms with van der Waals surface area (Å²) < 4.78 is 10.4. The first-order valence-electron chi connectivity index (χ1n) is 7.21. The zero-order valence-corrected chi connectivity index (χ0v) is 13.1. The molecule has 2 atom stereocenters. The Bertz CT molecular complexity index is 503. The highest BCUT2D eigenvalue weighted by Gasteiger charge is 2.11. The first kappa shape index (κ1) is 17.7. The van der Waals surface area contributed by atoms with E-state index >= 15 is 0 Å². The molecule has 0 heterocycles. The van der Waals surface area contributed by atoms with Crippen molar-refractivity contribution >= 4 is 11.9 Å². The summed E-state index contributed by atoms with van der Waals surface area (Å²) in [6.45, 7) is 11.0. The minimum absolute atomic E-state index is 0.0499. The zero-order valence-electron chi connectivity index (χ0n) is 13.1. The number of hydrogen-bond acceptors (Lipinski definition) is 4. The van der Waals surface area contributed by atoms with Crippen molar-refractivity contribution < 1.29 is 19.1 Å². The van der Waals surface area contributed by atoms with E-state index in [0.29, 0.717) is 11.5 Å². The van der Waals surface area contributed by atoms with Gasteiger partial charge in [0.2, 0.25) is 0 Å². The molecule has 0 amide bonds. The van der Waals surface area contributed by atoms with Crippen molar-refractivity contribution in [2.45, 2.75) is 26.7 Å². The third kappa shape index (κ3) is 6.39. The number of allylic oxidation sites excluding steroid dienone is 2. The number of esters is 2. The second-order valence-electron chi connectivity index (χ2n) is 5.26. The lowest BCUT2D eigenvalue weighted by Gasteiger charge is -2.09. The quantitative estimate of drug-likeness (QED) is 0.415. The Balaban J connectivity index is 2.62. The smallest absolute Gasteiger partial charge is 0.311 e. The first-order chi connectivity index (χ1) is 10.4. The van der Waals surface area contributed by atoms with Crippen molar-refractivity contribution in [1.29, 1.82) is 0 Å². The molecule has 0 radical (unpaired) electrons. The number of carbonyl (C=O) groups excluding carboxylic acids is 2. The number of carbonyl (C=O) groups is 2. The van der Waals surface area contributed by atoms with Gasteiger partial charge in [-0.25, -0.2) is 0 Å². The number of ether oxygens (including phenoxy) is 2. The van der Waals surface area contributed by atoms with Crippen molar-refractivity contribution in [2.24, 2.45) is 11.8 Å². The van der Waals surface area contributed by atoms with E-state index in [2.05, 4.69) is 13.2 Å². The van der Waals surface area contributed by atoms with Gasteiger partial charge < -0.3 is 9.47 Å². The molecular weight excluding hydrogens is 280 g/mol. The van der Waals surface area contributed by atoms with Gasteiger partial charge in [-0.3, -0.25) is 9.59 Å². The molecule has 0 aliphatic rings. The largest absolute Gasteiger partial charge is 0.426 e. The normalized spacial score (nSPS) is 12.8. The van der Waals surface area contributed by atoms with Crippen molar-refractivity contribution in [1.82, 2.24) is 0 Å². The minimum Gasteiger partial charge on any atom is -0.426 e. The Morgan fingerprint density at radius 3 is 1.77 bits per heavy atom. The third-order valence-corrected chi connectivity index (χ3v) is 3.05. The molecule has 22 heavy (non-hydrogen) atoms. The molecule has 1 aromatic carbocycles. The molecule has 1 rings (SSSR count). The van der Waals surface area contributed by atoms with E-state index in [9.17, 15) is 9.59 Å². The number of hydrogen-bond donors (Lipinski definition) is 0. The van der Waals surface area contributed by atoms with Crippen LogP contribution in [0.5, 0.6) is 11.5 Å². The highest BCUT2D eigenvalue weighted by molar-refractivity contribution is 5.74. The SMILES string of the molecule is C=CC(C)CC(=O)Oc1cccc(OC(=O)CC(C)C=C)c1. The van der Waals surface area contributed by atoms with Crippen LogP contribution in [0.4, 0.5) is 0 Å². The second kappa shape index (κ2) is 8.82. The molecule has 4 heteroatoms. The molecule has 1 aromatic rings. The summed E-state index contributed by atoms with van der Waals surface area (Å²) in [5.74, 6) is 0.0989. The standard InChI is InChI=1S/C18H22O4/c1-5-13(3)10-17(19)21-15-8-7-9-16(12-15)22-18(20)11-14(4)6-2/h5-9,12-14H,1-2,10-11H2,3-4H3. The van der Waals surface area contributed by atoms with Gasteiger partial charge in [0.15, 0.2) is 0 Å². The van der Waals surface area contributed by atoms with Gasteiger partial charge in [0, 0.05) is 6.07 Å². The van der Waals surface area contributed by atoms with E-state index in [1.54, 1.807) is 30.4 Å². The molecule has 0 bridgehead atoms. The Morgan fingerprint density at radius 2 is 1.41 bits per heavy atom. The summed E-state index contributed by atoms with van der Waals surface area (Å²) in [6.07, 6.45) is 3.90. The molecule has 118 valence electrons. The van der Waals surface area contributed by atoms with Crippen LogP contribution < -0.4 is 9.47 Å². The average molecular weight is 302 g/mol. The van der Waals surface area contributed by atoms with E-state index in [1.807, 2.05) is 13.8 Å². The highest BCUT2D eigenvalue weighted by atomic mass is 16.5. The maximum Gasteiger partial charge on any atom is 0.311 e. The molecule has 2 unspecified atom stereocenters. The fourth-order valence-electron chi connectivity index (χ4n) is 1.64. The second-order valence-corrected chi connectivity index (χ2v) is 5.26. The van der Waals surface area contributed by atoms with Gasteiger partial charge in [-0.05, 0) is 24.0 Å².